The molecular formula is C12H11NOS. The smallest absolute Gasteiger partial charge is 0.267 e. The Kier molecular flexibility index (Phi) is 2.92. The van der Waals surface area contributed by atoms with Gasteiger partial charge in [0, 0.05) is 17.4 Å². The molecular weight excluding hydrogens is 206 g/mol. The molecule has 1 heterocycles. The first-order valence-electron chi connectivity index (χ1n) is 4.75. The van der Waals surface area contributed by atoms with E-state index in [1.807, 2.05) is 25.1 Å². The summed E-state index contributed by atoms with van der Waals surface area (Å²) in [6, 6.07) is 11.7. The summed E-state index contributed by atoms with van der Waals surface area (Å²) in [6.07, 6.45) is 0.810. The van der Waals surface area contributed by atoms with E-state index in [0.29, 0.717) is 0 Å². The zero-order valence-electron chi connectivity index (χ0n) is 8.43. The lowest BCUT2D eigenvalue weighted by molar-refractivity contribution is 1.15. The van der Waals surface area contributed by atoms with Gasteiger partial charge < -0.3 is 0 Å². The summed E-state index contributed by atoms with van der Waals surface area (Å²) in [4.78, 5) is 16.1. The van der Waals surface area contributed by atoms with Crippen LogP contribution in [-0.2, 0) is 6.42 Å². The van der Waals surface area contributed by atoms with E-state index >= 15 is 0 Å². The van der Waals surface area contributed by atoms with E-state index in [1.165, 1.54) is 5.56 Å². The Hall–Kier alpha value is -1.48. The fourth-order valence-corrected chi connectivity index (χ4v) is 2.36. The summed E-state index contributed by atoms with van der Waals surface area (Å²) >= 11 is 1.58. The highest BCUT2D eigenvalue weighted by Crippen LogP contribution is 2.13. The Bertz CT molecular complexity index is 505. The van der Waals surface area contributed by atoms with Crippen LogP contribution in [0.15, 0.2) is 41.2 Å². The number of nitrogens with zero attached hydrogens (tertiary/aromatic N) is 1. The lowest BCUT2D eigenvalue weighted by Crippen LogP contribution is -2.05. The second-order valence-corrected chi connectivity index (χ2v) is 4.66. The third-order valence-corrected chi connectivity index (χ3v) is 2.96. The Balaban J connectivity index is 2.29. The van der Waals surface area contributed by atoms with Crippen LogP contribution in [0.1, 0.15) is 15.4 Å². The van der Waals surface area contributed by atoms with Crippen molar-refractivity contribution in [2.24, 2.45) is 0 Å². The fraction of sp³-hybridized carbons (Fsp3) is 0.167. The lowest BCUT2D eigenvalue weighted by atomic mass is 10.1. The van der Waals surface area contributed by atoms with E-state index in [4.69, 9.17) is 0 Å². The van der Waals surface area contributed by atoms with E-state index in [-0.39, 0.29) is 5.56 Å². The molecule has 0 spiro atoms. The minimum Gasteiger partial charge on any atom is -0.267 e. The minimum absolute atomic E-state index is 0.141. The maximum Gasteiger partial charge on any atom is 0.271 e. The van der Waals surface area contributed by atoms with Crippen LogP contribution in [0, 0.1) is 6.92 Å². The molecule has 2 nitrogen and oxygen atoms in total. The molecule has 0 aliphatic heterocycles. The molecule has 0 aliphatic carbocycles. The van der Waals surface area contributed by atoms with Gasteiger partial charge in [-0.2, -0.15) is 0 Å². The number of hydrogen-bond acceptors (Lipinski definition) is 3. The first kappa shape index (κ1) is 10.1. The SMILES string of the molecule is Cc1nc(=O)cc(Cc2ccccc2)s1. The second kappa shape index (κ2) is 4.36. The van der Waals surface area contributed by atoms with Gasteiger partial charge in [0.15, 0.2) is 0 Å². The summed E-state index contributed by atoms with van der Waals surface area (Å²) in [5, 5.41) is 0.827. The van der Waals surface area contributed by atoms with E-state index in [1.54, 1.807) is 17.4 Å². The average Bonchev–Trinajstić information content (AvgIpc) is 2.17. The van der Waals surface area contributed by atoms with Crippen molar-refractivity contribution in [3.05, 3.63) is 62.2 Å². The van der Waals surface area contributed by atoms with Gasteiger partial charge in [0.05, 0.1) is 5.01 Å². The summed E-state index contributed by atoms with van der Waals surface area (Å²) < 4.78 is 0. The molecule has 2 aromatic rings. The van der Waals surface area contributed by atoms with Crippen LogP contribution in [0.4, 0.5) is 0 Å². The standard InChI is InChI=1S/C12H11NOS/c1-9-13-12(14)8-11(15-9)7-10-5-3-2-4-6-10/h2-6,8H,7H2,1H3. The molecule has 3 heteroatoms. The van der Waals surface area contributed by atoms with Crippen molar-refractivity contribution in [3.63, 3.8) is 0 Å². The van der Waals surface area contributed by atoms with Gasteiger partial charge in [-0.25, -0.2) is 4.98 Å². The van der Waals surface area contributed by atoms with E-state index in [9.17, 15) is 4.79 Å². The highest BCUT2D eigenvalue weighted by atomic mass is 32.1. The van der Waals surface area contributed by atoms with Gasteiger partial charge in [-0.05, 0) is 12.5 Å². The van der Waals surface area contributed by atoms with Gasteiger partial charge in [-0.1, -0.05) is 30.3 Å². The molecule has 0 unspecified atom stereocenters. The van der Waals surface area contributed by atoms with Crippen molar-refractivity contribution < 1.29 is 0 Å². The predicted octanol–water partition coefficient (Wildman–Crippen LogP) is 2.40. The van der Waals surface area contributed by atoms with Crippen molar-refractivity contribution in [1.82, 2.24) is 4.98 Å². The van der Waals surface area contributed by atoms with E-state index < -0.39 is 0 Å². The van der Waals surface area contributed by atoms with Crippen molar-refractivity contribution in [2.45, 2.75) is 13.3 Å². The number of benzene rings is 1. The second-order valence-electron chi connectivity index (χ2n) is 3.34. The maximum absolute atomic E-state index is 11.2. The van der Waals surface area contributed by atoms with Crippen LogP contribution in [0.25, 0.3) is 0 Å². The third kappa shape index (κ3) is 2.73. The molecule has 0 fully saturated rings. The van der Waals surface area contributed by atoms with Crippen molar-refractivity contribution in [2.75, 3.05) is 0 Å². The highest BCUT2D eigenvalue weighted by molar-refractivity contribution is 7.11. The molecule has 1 aromatic carbocycles. The third-order valence-electron chi connectivity index (χ3n) is 2.05. The average molecular weight is 217 g/mol. The fourth-order valence-electron chi connectivity index (χ4n) is 1.45. The first-order valence-corrected chi connectivity index (χ1v) is 5.57. The summed E-state index contributed by atoms with van der Waals surface area (Å²) in [6.45, 7) is 1.86. The zero-order chi connectivity index (χ0) is 10.7. The zero-order valence-corrected chi connectivity index (χ0v) is 9.25. The van der Waals surface area contributed by atoms with Gasteiger partial charge in [-0.15, -0.1) is 11.3 Å². The van der Waals surface area contributed by atoms with Crippen molar-refractivity contribution in [1.29, 1.82) is 0 Å². The Labute approximate surface area is 92.3 Å². The maximum atomic E-state index is 11.2. The Morgan fingerprint density at radius 2 is 2.00 bits per heavy atom. The number of rotatable bonds is 2. The molecule has 0 saturated carbocycles. The van der Waals surface area contributed by atoms with Gasteiger partial charge in [0.25, 0.3) is 5.56 Å². The molecule has 0 N–H and O–H groups in total. The molecule has 15 heavy (non-hydrogen) atoms. The minimum atomic E-state index is -0.141. The molecule has 0 saturated heterocycles. The number of aromatic nitrogens is 1. The molecule has 0 atom stereocenters. The summed E-state index contributed by atoms with van der Waals surface area (Å²) in [5.41, 5.74) is 1.08. The highest BCUT2D eigenvalue weighted by Gasteiger charge is 1.99. The molecule has 1 aromatic heterocycles. The van der Waals surface area contributed by atoms with Crippen LogP contribution in [0.2, 0.25) is 0 Å². The van der Waals surface area contributed by atoms with Crippen LogP contribution in [0.5, 0.6) is 0 Å². The van der Waals surface area contributed by atoms with E-state index in [2.05, 4.69) is 17.1 Å². The number of hydrogen-bond donors (Lipinski definition) is 0. The molecule has 76 valence electrons. The molecule has 0 radical (unpaired) electrons. The van der Waals surface area contributed by atoms with E-state index in [0.717, 1.165) is 16.3 Å². The van der Waals surface area contributed by atoms with Crippen molar-refractivity contribution in [3.8, 4) is 0 Å². The Morgan fingerprint density at radius 3 is 2.67 bits per heavy atom. The monoisotopic (exact) mass is 217 g/mol. The van der Waals surface area contributed by atoms with Crippen LogP contribution in [0.3, 0.4) is 0 Å². The molecule has 0 bridgehead atoms. The number of aryl methyl sites for hydroxylation is 1. The Morgan fingerprint density at radius 1 is 1.27 bits per heavy atom. The van der Waals surface area contributed by atoms with Gasteiger partial charge in [0.1, 0.15) is 0 Å². The molecule has 2 rings (SSSR count). The predicted molar refractivity (Wildman–Crippen MR) is 62.4 cm³/mol. The topological polar surface area (TPSA) is 30.0 Å². The van der Waals surface area contributed by atoms with Crippen molar-refractivity contribution >= 4 is 11.3 Å². The summed E-state index contributed by atoms with van der Waals surface area (Å²) in [7, 11) is 0. The van der Waals surface area contributed by atoms with Gasteiger partial charge in [-0.3, -0.25) is 4.79 Å². The molecule has 0 amide bonds. The van der Waals surface area contributed by atoms with Gasteiger partial charge >= 0.3 is 0 Å². The molecule has 0 aliphatic rings. The van der Waals surface area contributed by atoms with Crippen LogP contribution >= 0.6 is 11.3 Å². The van der Waals surface area contributed by atoms with Crippen LogP contribution in [-0.4, -0.2) is 4.98 Å². The summed E-state index contributed by atoms with van der Waals surface area (Å²) in [5.74, 6) is 0. The quantitative estimate of drug-likeness (QED) is 0.773. The first-order chi connectivity index (χ1) is 7.24. The lowest BCUT2D eigenvalue weighted by Gasteiger charge is -2.00. The van der Waals surface area contributed by atoms with Crippen LogP contribution < -0.4 is 5.56 Å². The largest absolute Gasteiger partial charge is 0.271 e. The normalized spacial score (nSPS) is 10.2. The van der Waals surface area contributed by atoms with Gasteiger partial charge in [0.2, 0.25) is 0 Å².